The fraction of sp³-hybridized carbons (Fsp3) is 0.354. The second kappa shape index (κ2) is 20.6. The molecule has 0 aliphatic carbocycles. The molecule has 1 saturated heterocycles. The minimum atomic E-state index is -1.57. The van der Waals surface area contributed by atoms with Crippen molar-refractivity contribution in [3.05, 3.63) is 144 Å². The number of nitrogens with two attached hydrogens (primary N) is 1. The highest BCUT2D eigenvalue weighted by Gasteiger charge is 2.44. The summed E-state index contributed by atoms with van der Waals surface area (Å²) in [5.41, 5.74) is 9.65. The maximum atomic E-state index is 13.1. The number of imidazole rings is 1. The van der Waals surface area contributed by atoms with E-state index in [1.165, 1.54) is 6.33 Å². The molecule has 4 aromatic carbocycles. The fourth-order valence-corrected chi connectivity index (χ4v) is 9.75. The van der Waals surface area contributed by atoms with E-state index < -0.39 is 25.9 Å². The van der Waals surface area contributed by atoms with Gasteiger partial charge in [-0.1, -0.05) is 78.9 Å². The number of benzene rings is 4. The van der Waals surface area contributed by atoms with Crippen LogP contribution in [0.4, 0.5) is 5.82 Å². The number of hydrogen-bond acceptors (Lipinski definition) is 12. The monoisotopic (exact) mass is 870 g/mol. The predicted molar refractivity (Wildman–Crippen MR) is 243 cm³/mol. The zero-order valence-electron chi connectivity index (χ0n) is 36.4. The summed E-state index contributed by atoms with van der Waals surface area (Å²) in [6.45, 7) is 9.08. The minimum absolute atomic E-state index is 0.112. The van der Waals surface area contributed by atoms with E-state index in [4.69, 9.17) is 29.0 Å². The Bertz CT molecular complexity index is 2420. The van der Waals surface area contributed by atoms with Gasteiger partial charge in [-0.15, -0.1) is 0 Å². The topological polar surface area (TPSA) is 172 Å². The molecule has 1 unspecified atom stereocenters. The lowest BCUT2D eigenvalue weighted by Crippen LogP contribution is -2.40. The standard InChI is InChI=1S/C48H55N8O6P/c1-34(2)56(35(3)4)63(60-28-15-27-49)61-31-47(25-24-42(62-47)55-33-53-43-44(51-32-52-45(43)55)54-46(57)36-16-9-6-10-17-36)26-29-59-41-30-39(58-5)22-23-40(41)48(50,37-18-11-7-12-19-37)38-20-13-8-14-21-38/h6-14,16-23,30,32-35,42H,15,24-26,28-29,31,50H2,1-5H3,(H,51,52,54,57)/t42-,47-,63?/m1/s1. The molecule has 15 heteroatoms. The number of anilines is 1. The van der Waals surface area contributed by atoms with Crippen LogP contribution in [-0.4, -0.2) is 74.7 Å². The molecule has 0 radical (unpaired) electrons. The lowest BCUT2D eigenvalue weighted by molar-refractivity contribution is -0.102. The highest BCUT2D eigenvalue weighted by molar-refractivity contribution is 7.44. The number of carbonyl (C=O) groups excluding carboxylic acids is 1. The van der Waals surface area contributed by atoms with Crippen LogP contribution in [0.15, 0.2) is 122 Å². The Labute approximate surface area is 370 Å². The Morgan fingerprint density at radius 1 is 0.952 bits per heavy atom. The van der Waals surface area contributed by atoms with Crippen molar-refractivity contribution in [2.75, 3.05) is 32.2 Å². The van der Waals surface area contributed by atoms with E-state index in [2.05, 4.69) is 58.7 Å². The quantitative estimate of drug-likeness (QED) is 0.0424. The van der Waals surface area contributed by atoms with E-state index in [1.54, 1.807) is 37.7 Å². The lowest BCUT2D eigenvalue weighted by Gasteiger charge is -2.38. The summed E-state index contributed by atoms with van der Waals surface area (Å²) < 4.78 is 36.8. The van der Waals surface area contributed by atoms with Gasteiger partial charge in [-0.25, -0.2) is 19.6 Å². The van der Waals surface area contributed by atoms with Crippen LogP contribution < -0.4 is 20.5 Å². The van der Waals surface area contributed by atoms with Gasteiger partial charge in [-0.05, 0) is 75.9 Å². The molecule has 1 amide bonds. The molecule has 2 aromatic heterocycles. The number of methoxy groups -OCH3 is 1. The van der Waals surface area contributed by atoms with Crippen LogP contribution in [0.25, 0.3) is 11.2 Å². The second-order valence-electron chi connectivity index (χ2n) is 16.0. The maximum Gasteiger partial charge on any atom is 0.259 e. The predicted octanol–water partition coefficient (Wildman–Crippen LogP) is 9.15. The summed E-state index contributed by atoms with van der Waals surface area (Å²) in [6, 6.07) is 37.1. The summed E-state index contributed by atoms with van der Waals surface area (Å²) in [5, 5.41) is 12.2. The number of aromatic nitrogens is 4. The molecule has 14 nitrogen and oxygen atoms in total. The van der Waals surface area contributed by atoms with Crippen LogP contribution in [0.2, 0.25) is 0 Å². The van der Waals surface area contributed by atoms with Crippen molar-refractivity contribution >= 4 is 31.4 Å². The normalized spacial score (nSPS) is 17.0. The molecule has 6 aromatic rings. The molecule has 0 saturated carbocycles. The Morgan fingerprint density at radius 3 is 2.25 bits per heavy atom. The molecular formula is C48H55N8O6P. The average molecular weight is 871 g/mol. The molecule has 7 rings (SSSR count). The van der Waals surface area contributed by atoms with Gasteiger partial charge in [0, 0.05) is 35.7 Å². The van der Waals surface area contributed by atoms with Crippen LogP contribution in [0.3, 0.4) is 0 Å². The van der Waals surface area contributed by atoms with E-state index in [1.807, 2.05) is 89.5 Å². The van der Waals surface area contributed by atoms with Crippen molar-refractivity contribution in [3.63, 3.8) is 0 Å². The smallest absolute Gasteiger partial charge is 0.259 e. The Morgan fingerprint density at radius 2 is 1.62 bits per heavy atom. The third-order valence-electron chi connectivity index (χ3n) is 11.2. The molecule has 1 aliphatic rings. The van der Waals surface area contributed by atoms with Crippen molar-refractivity contribution < 1.29 is 28.1 Å². The average Bonchev–Trinajstić information content (AvgIpc) is 3.94. The van der Waals surface area contributed by atoms with Gasteiger partial charge in [0.05, 0.1) is 56.9 Å². The first-order valence-electron chi connectivity index (χ1n) is 21.2. The Balaban J connectivity index is 1.20. The third-order valence-corrected chi connectivity index (χ3v) is 13.2. The van der Waals surface area contributed by atoms with Crippen LogP contribution in [0, 0.1) is 11.3 Å². The van der Waals surface area contributed by atoms with E-state index in [9.17, 15) is 10.1 Å². The van der Waals surface area contributed by atoms with Crippen molar-refractivity contribution in [1.82, 2.24) is 24.2 Å². The second-order valence-corrected chi connectivity index (χ2v) is 17.4. The number of ether oxygens (including phenoxy) is 3. The van der Waals surface area contributed by atoms with Gasteiger partial charge in [0.25, 0.3) is 14.4 Å². The first kappa shape index (κ1) is 45.3. The summed E-state index contributed by atoms with van der Waals surface area (Å²) in [7, 11) is 0.0545. The zero-order valence-corrected chi connectivity index (χ0v) is 37.3. The van der Waals surface area contributed by atoms with Crippen LogP contribution in [-0.2, 0) is 19.3 Å². The third kappa shape index (κ3) is 10.2. The molecule has 3 heterocycles. The first-order chi connectivity index (χ1) is 30.6. The summed E-state index contributed by atoms with van der Waals surface area (Å²) >= 11 is 0. The lowest BCUT2D eigenvalue weighted by atomic mass is 9.77. The number of rotatable bonds is 20. The molecule has 3 N–H and O–H groups in total. The first-order valence-corrected chi connectivity index (χ1v) is 22.3. The van der Waals surface area contributed by atoms with E-state index in [-0.39, 0.29) is 44.2 Å². The zero-order chi connectivity index (χ0) is 44.4. The number of carbonyl (C=O) groups is 1. The van der Waals surface area contributed by atoms with Gasteiger partial charge in [0.2, 0.25) is 0 Å². The van der Waals surface area contributed by atoms with E-state index in [0.29, 0.717) is 53.3 Å². The van der Waals surface area contributed by atoms with Gasteiger partial charge in [-0.3, -0.25) is 9.36 Å². The number of amides is 1. The number of nitrogens with one attached hydrogen (secondary N) is 1. The molecular weight excluding hydrogens is 816 g/mol. The molecule has 3 atom stereocenters. The summed E-state index contributed by atoms with van der Waals surface area (Å²) in [5.74, 6) is 1.20. The Hall–Kier alpha value is -5.78. The van der Waals surface area contributed by atoms with Crippen molar-refractivity contribution in [2.45, 2.75) is 82.8 Å². The SMILES string of the molecule is COc1ccc(C(N)(c2ccccc2)c2ccccc2)c(OCC[C@@]2(COP(OCCC#N)N(C(C)C)C(C)C)CC[C@H](n3cnc4c(NC(=O)c5ccccc5)ncnc43)O2)c1. The van der Waals surface area contributed by atoms with Gasteiger partial charge in [-0.2, -0.15) is 5.26 Å². The van der Waals surface area contributed by atoms with E-state index >= 15 is 0 Å². The van der Waals surface area contributed by atoms with Crippen LogP contribution in [0.5, 0.6) is 11.5 Å². The largest absolute Gasteiger partial charge is 0.497 e. The van der Waals surface area contributed by atoms with Gasteiger partial charge < -0.3 is 34.3 Å². The molecule has 0 spiro atoms. The highest BCUT2D eigenvalue weighted by atomic mass is 31.2. The van der Waals surface area contributed by atoms with Crippen molar-refractivity contribution in [1.29, 1.82) is 5.26 Å². The van der Waals surface area contributed by atoms with Crippen molar-refractivity contribution in [3.8, 4) is 17.6 Å². The number of fused-ring (bicyclic) bond motifs is 1. The van der Waals surface area contributed by atoms with Crippen molar-refractivity contribution in [2.24, 2.45) is 5.73 Å². The number of nitriles is 1. The van der Waals surface area contributed by atoms with Crippen LogP contribution >= 0.6 is 8.53 Å². The highest BCUT2D eigenvalue weighted by Crippen LogP contribution is 2.50. The molecule has 0 bridgehead atoms. The molecule has 1 fully saturated rings. The molecule has 63 heavy (non-hydrogen) atoms. The summed E-state index contributed by atoms with van der Waals surface area (Å²) in [6.07, 6.45) is 4.48. The summed E-state index contributed by atoms with van der Waals surface area (Å²) in [4.78, 5) is 26.7. The van der Waals surface area contributed by atoms with Gasteiger partial charge in [0.1, 0.15) is 24.1 Å². The number of hydrogen-bond donors (Lipinski definition) is 2. The Kier molecular flexibility index (Phi) is 14.8. The number of nitrogens with zero attached hydrogens (tertiary/aromatic N) is 6. The van der Waals surface area contributed by atoms with Gasteiger partial charge >= 0.3 is 0 Å². The van der Waals surface area contributed by atoms with Crippen LogP contribution in [0.1, 0.15) is 86.7 Å². The minimum Gasteiger partial charge on any atom is -0.497 e. The maximum absolute atomic E-state index is 13.1. The molecule has 1 aliphatic heterocycles. The van der Waals surface area contributed by atoms with Gasteiger partial charge in [0.15, 0.2) is 17.0 Å². The molecule has 328 valence electrons. The fourth-order valence-electron chi connectivity index (χ4n) is 8.06. The van der Waals surface area contributed by atoms with E-state index in [0.717, 1.165) is 16.7 Å².